The van der Waals surface area contributed by atoms with Gasteiger partial charge in [0.2, 0.25) is 0 Å². The smallest absolute Gasteiger partial charge is 0.125 e. The zero-order valence-electron chi connectivity index (χ0n) is 9.89. The predicted octanol–water partition coefficient (Wildman–Crippen LogP) is 2.60. The van der Waals surface area contributed by atoms with E-state index in [4.69, 9.17) is 9.47 Å². The normalized spacial score (nSPS) is 18.4. The Hall–Kier alpha value is -1.02. The first-order chi connectivity index (χ1) is 7.07. The van der Waals surface area contributed by atoms with Crippen molar-refractivity contribution in [2.75, 3.05) is 20.3 Å². The van der Waals surface area contributed by atoms with Gasteiger partial charge in [0.05, 0.1) is 20.3 Å². The van der Waals surface area contributed by atoms with E-state index >= 15 is 0 Å². The van der Waals surface area contributed by atoms with Gasteiger partial charge >= 0.3 is 0 Å². The van der Waals surface area contributed by atoms with Crippen LogP contribution in [0.5, 0.6) is 5.75 Å². The van der Waals surface area contributed by atoms with E-state index in [1.54, 1.807) is 7.11 Å². The van der Waals surface area contributed by atoms with Crippen molar-refractivity contribution in [3.8, 4) is 5.75 Å². The molecule has 1 aliphatic heterocycles. The van der Waals surface area contributed by atoms with Crippen LogP contribution in [-0.2, 0) is 10.2 Å². The van der Waals surface area contributed by atoms with E-state index in [2.05, 4.69) is 32.9 Å². The molecular weight excluding hydrogens is 188 g/mol. The fourth-order valence-electron chi connectivity index (χ4n) is 2.24. The number of rotatable bonds is 2. The van der Waals surface area contributed by atoms with Crippen molar-refractivity contribution in [3.05, 3.63) is 28.8 Å². The monoisotopic (exact) mass is 206 g/mol. The first-order valence-corrected chi connectivity index (χ1v) is 5.30. The lowest BCUT2D eigenvalue weighted by Crippen LogP contribution is -2.44. The Morgan fingerprint density at radius 2 is 1.93 bits per heavy atom. The van der Waals surface area contributed by atoms with Gasteiger partial charge in [-0.05, 0) is 19.4 Å². The maximum absolute atomic E-state index is 5.50. The highest BCUT2D eigenvalue weighted by molar-refractivity contribution is 5.48. The molecule has 1 aromatic rings. The fourth-order valence-corrected chi connectivity index (χ4v) is 2.24. The standard InChI is InChI=1S/C13H18O2/c1-9-5-10(2)12(14-4)11(6-9)13(3)7-15-8-13/h5-6H,7-8H2,1-4H3. The van der Waals surface area contributed by atoms with Crippen LogP contribution in [0.2, 0.25) is 0 Å². The SMILES string of the molecule is COc1c(C)cc(C)cc1C1(C)COC1. The predicted molar refractivity (Wildman–Crippen MR) is 60.6 cm³/mol. The molecule has 2 heteroatoms. The minimum atomic E-state index is 0.141. The van der Waals surface area contributed by atoms with Crippen LogP contribution in [-0.4, -0.2) is 20.3 Å². The van der Waals surface area contributed by atoms with Crippen molar-refractivity contribution >= 4 is 0 Å². The van der Waals surface area contributed by atoms with Crippen LogP contribution in [0.1, 0.15) is 23.6 Å². The average Bonchev–Trinajstić information content (AvgIpc) is 2.13. The minimum Gasteiger partial charge on any atom is -0.496 e. The van der Waals surface area contributed by atoms with Gasteiger partial charge in [-0.1, -0.05) is 24.6 Å². The van der Waals surface area contributed by atoms with Crippen molar-refractivity contribution in [1.29, 1.82) is 0 Å². The van der Waals surface area contributed by atoms with Crippen molar-refractivity contribution in [1.82, 2.24) is 0 Å². The second-order valence-electron chi connectivity index (χ2n) is 4.72. The topological polar surface area (TPSA) is 18.5 Å². The van der Waals surface area contributed by atoms with Crippen molar-refractivity contribution in [3.63, 3.8) is 0 Å². The van der Waals surface area contributed by atoms with Crippen LogP contribution in [0.15, 0.2) is 12.1 Å². The Labute approximate surface area is 91.2 Å². The molecule has 0 bridgehead atoms. The number of hydrogen-bond acceptors (Lipinski definition) is 2. The maximum Gasteiger partial charge on any atom is 0.125 e. The van der Waals surface area contributed by atoms with Gasteiger partial charge in [-0.2, -0.15) is 0 Å². The lowest BCUT2D eigenvalue weighted by Gasteiger charge is -2.39. The molecule has 1 saturated heterocycles. The summed E-state index contributed by atoms with van der Waals surface area (Å²) in [4.78, 5) is 0. The summed E-state index contributed by atoms with van der Waals surface area (Å²) in [5.74, 6) is 1.02. The van der Waals surface area contributed by atoms with Crippen LogP contribution < -0.4 is 4.74 Å². The number of benzene rings is 1. The Morgan fingerprint density at radius 1 is 1.27 bits per heavy atom. The van der Waals surface area contributed by atoms with E-state index in [1.807, 2.05) is 0 Å². The molecule has 0 unspecified atom stereocenters. The molecule has 1 aromatic carbocycles. The van der Waals surface area contributed by atoms with E-state index in [0.29, 0.717) is 0 Å². The zero-order chi connectivity index (χ0) is 11.1. The molecule has 0 aromatic heterocycles. The summed E-state index contributed by atoms with van der Waals surface area (Å²) in [6.07, 6.45) is 0. The first kappa shape index (κ1) is 10.5. The highest BCUT2D eigenvalue weighted by atomic mass is 16.5. The van der Waals surface area contributed by atoms with Crippen molar-refractivity contribution in [2.45, 2.75) is 26.2 Å². The molecule has 0 saturated carbocycles. The van der Waals surface area contributed by atoms with Crippen LogP contribution >= 0.6 is 0 Å². The summed E-state index contributed by atoms with van der Waals surface area (Å²) in [6, 6.07) is 4.37. The summed E-state index contributed by atoms with van der Waals surface area (Å²) in [6.45, 7) is 8.04. The van der Waals surface area contributed by atoms with Crippen LogP contribution in [0.4, 0.5) is 0 Å². The molecule has 0 amide bonds. The molecule has 1 fully saturated rings. The third kappa shape index (κ3) is 1.63. The molecular formula is C13H18O2. The Bertz CT molecular complexity index is 378. The van der Waals surface area contributed by atoms with Crippen LogP contribution in [0, 0.1) is 13.8 Å². The molecule has 0 N–H and O–H groups in total. The number of ether oxygens (including phenoxy) is 2. The lowest BCUT2D eigenvalue weighted by molar-refractivity contribution is -0.0509. The van der Waals surface area contributed by atoms with Gasteiger partial charge in [0.25, 0.3) is 0 Å². The summed E-state index contributed by atoms with van der Waals surface area (Å²) >= 11 is 0. The second kappa shape index (κ2) is 3.53. The summed E-state index contributed by atoms with van der Waals surface area (Å²) < 4.78 is 10.8. The van der Waals surface area contributed by atoms with Gasteiger partial charge in [-0.15, -0.1) is 0 Å². The molecule has 0 atom stereocenters. The first-order valence-electron chi connectivity index (χ1n) is 5.30. The minimum absolute atomic E-state index is 0.141. The third-order valence-electron chi connectivity index (χ3n) is 3.11. The summed E-state index contributed by atoms with van der Waals surface area (Å²) in [5, 5.41) is 0. The Morgan fingerprint density at radius 3 is 2.40 bits per heavy atom. The molecule has 82 valence electrons. The van der Waals surface area contributed by atoms with Gasteiger partial charge in [-0.25, -0.2) is 0 Å². The van der Waals surface area contributed by atoms with E-state index < -0.39 is 0 Å². The zero-order valence-corrected chi connectivity index (χ0v) is 9.89. The highest BCUT2D eigenvalue weighted by Crippen LogP contribution is 2.39. The van der Waals surface area contributed by atoms with Gasteiger partial charge in [0.15, 0.2) is 0 Å². The fraction of sp³-hybridized carbons (Fsp3) is 0.538. The molecule has 2 rings (SSSR count). The largest absolute Gasteiger partial charge is 0.496 e. The Balaban J connectivity index is 2.53. The molecule has 0 radical (unpaired) electrons. The van der Waals surface area contributed by atoms with Gasteiger partial charge in [0, 0.05) is 11.0 Å². The molecule has 0 aliphatic carbocycles. The lowest BCUT2D eigenvalue weighted by atomic mass is 9.79. The number of methoxy groups -OCH3 is 1. The third-order valence-corrected chi connectivity index (χ3v) is 3.11. The van der Waals surface area contributed by atoms with Crippen molar-refractivity contribution < 1.29 is 9.47 Å². The highest BCUT2D eigenvalue weighted by Gasteiger charge is 2.38. The van der Waals surface area contributed by atoms with Crippen LogP contribution in [0.25, 0.3) is 0 Å². The maximum atomic E-state index is 5.50. The molecule has 2 nitrogen and oxygen atoms in total. The van der Waals surface area contributed by atoms with Gasteiger partial charge < -0.3 is 9.47 Å². The van der Waals surface area contributed by atoms with E-state index in [9.17, 15) is 0 Å². The Kier molecular flexibility index (Phi) is 2.47. The molecule has 15 heavy (non-hydrogen) atoms. The van der Waals surface area contributed by atoms with E-state index in [1.165, 1.54) is 16.7 Å². The van der Waals surface area contributed by atoms with Crippen molar-refractivity contribution in [2.24, 2.45) is 0 Å². The number of hydrogen-bond donors (Lipinski definition) is 0. The molecule has 0 spiro atoms. The number of aryl methyl sites for hydroxylation is 2. The van der Waals surface area contributed by atoms with E-state index in [-0.39, 0.29) is 5.41 Å². The van der Waals surface area contributed by atoms with Gasteiger partial charge in [0.1, 0.15) is 5.75 Å². The summed E-state index contributed by atoms with van der Waals surface area (Å²) in [7, 11) is 1.74. The van der Waals surface area contributed by atoms with Gasteiger partial charge in [-0.3, -0.25) is 0 Å². The second-order valence-corrected chi connectivity index (χ2v) is 4.72. The van der Waals surface area contributed by atoms with E-state index in [0.717, 1.165) is 19.0 Å². The average molecular weight is 206 g/mol. The quantitative estimate of drug-likeness (QED) is 0.740. The van der Waals surface area contributed by atoms with Crippen LogP contribution in [0.3, 0.4) is 0 Å². The molecule has 1 aliphatic rings. The summed E-state index contributed by atoms with van der Waals surface area (Å²) in [5.41, 5.74) is 3.92. The molecule has 1 heterocycles.